The summed E-state index contributed by atoms with van der Waals surface area (Å²) in [6, 6.07) is 8.96. The molecule has 2 N–H and O–H groups in total. The van der Waals surface area contributed by atoms with Crippen molar-refractivity contribution in [1.82, 2.24) is 19.7 Å². The molecule has 1 unspecified atom stereocenters. The molecule has 3 rings (SSSR count). The zero-order chi connectivity index (χ0) is 16.2. The maximum atomic E-state index is 5.87. The second-order valence-electron chi connectivity index (χ2n) is 5.96. The molecule has 0 bridgehead atoms. The molecular weight excluding hydrogens is 306 g/mol. The summed E-state index contributed by atoms with van der Waals surface area (Å²) in [7, 11) is 0. The van der Waals surface area contributed by atoms with Crippen molar-refractivity contribution in [3.63, 3.8) is 0 Å². The number of aromatic nitrogens is 3. The molecule has 0 aliphatic carbocycles. The summed E-state index contributed by atoms with van der Waals surface area (Å²) in [6.45, 7) is 7.10. The molecule has 1 saturated heterocycles. The Bertz CT molecular complexity index is 654. The van der Waals surface area contributed by atoms with Gasteiger partial charge in [-0.1, -0.05) is 36.9 Å². The molecule has 0 amide bonds. The van der Waals surface area contributed by atoms with Crippen LogP contribution in [0.25, 0.3) is 5.69 Å². The van der Waals surface area contributed by atoms with E-state index in [1.807, 2.05) is 6.07 Å². The molecule has 5 nitrogen and oxygen atoms in total. The van der Waals surface area contributed by atoms with Crippen LogP contribution in [0, 0.1) is 6.92 Å². The normalized spacial score (nSPS) is 18.7. The fraction of sp³-hybridized carbons (Fsp3) is 0.529. The zero-order valence-electron chi connectivity index (χ0n) is 13.9. The van der Waals surface area contributed by atoms with Crippen molar-refractivity contribution in [1.29, 1.82) is 0 Å². The third-order valence-electron chi connectivity index (χ3n) is 4.55. The molecule has 1 atom stereocenters. The Morgan fingerprint density at radius 1 is 1.30 bits per heavy atom. The molecule has 1 aromatic heterocycles. The van der Waals surface area contributed by atoms with E-state index in [4.69, 9.17) is 5.73 Å². The van der Waals surface area contributed by atoms with Gasteiger partial charge in [0.1, 0.15) is 0 Å². The lowest BCUT2D eigenvalue weighted by Crippen LogP contribution is -2.31. The molecule has 2 heterocycles. The van der Waals surface area contributed by atoms with Crippen molar-refractivity contribution in [2.45, 2.75) is 44.4 Å². The first-order valence-electron chi connectivity index (χ1n) is 8.31. The molecule has 6 heteroatoms. The van der Waals surface area contributed by atoms with Crippen LogP contribution in [0.1, 0.15) is 31.2 Å². The van der Waals surface area contributed by atoms with E-state index < -0.39 is 0 Å². The third-order valence-corrected chi connectivity index (χ3v) is 5.62. The predicted molar refractivity (Wildman–Crippen MR) is 95.0 cm³/mol. The monoisotopic (exact) mass is 331 g/mol. The highest BCUT2D eigenvalue weighted by Gasteiger charge is 2.24. The van der Waals surface area contributed by atoms with Gasteiger partial charge in [-0.15, -0.1) is 10.2 Å². The first kappa shape index (κ1) is 16.5. The lowest BCUT2D eigenvalue weighted by atomic mass is 10.2. The number of aryl methyl sites for hydroxylation is 1. The number of thioether (sulfide) groups is 1. The van der Waals surface area contributed by atoms with Gasteiger partial charge in [0, 0.05) is 11.8 Å². The first-order chi connectivity index (χ1) is 11.2. The van der Waals surface area contributed by atoms with Crippen molar-refractivity contribution >= 4 is 11.8 Å². The van der Waals surface area contributed by atoms with Gasteiger partial charge < -0.3 is 5.73 Å². The molecule has 1 aromatic carbocycles. The fourth-order valence-electron chi connectivity index (χ4n) is 3.25. The van der Waals surface area contributed by atoms with E-state index in [2.05, 4.69) is 51.7 Å². The maximum absolute atomic E-state index is 5.87. The van der Waals surface area contributed by atoms with Crippen LogP contribution in [0.15, 0.2) is 29.4 Å². The van der Waals surface area contributed by atoms with Gasteiger partial charge in [-0.2, -0.15) is 0 Å². The summed E-state index contributed by atoms with van der Waals surface area (Å²) in [5, 5.41) is 9.63. The number of hydrogen-bond donors (Lipinski definition) is 1. The lowest BCUT2D eigenvalue weighted by Gasteiger charge is -2.22. The molecule has 2 aromatic rings. The second kappa shape index (κ2) is 7.47. The minimum Gasteiger partial charge on any atom is -0.324 e. The van der Waals surface area contributed by atoms with Gasteiger partial charge in [0.25, 0.3) is 0 Å². The summed E-state index contributed by atoms with van der Waals surface area (Å²) >= 11 is 1.80. The van der Waals surface area contributed by atoms with E-state index in [0.29, 0.717) is 12.6 Å². The highest BCUT2D eigenvalue weighted by Crippen LogP contribution is 2.28. The number of hydrogen-bond acceptors (Lipinski definition) is 5. The highest BCUT2D eigenvalue weighted by atomic mass is 32.2. The average molecular weight is 331 g/mol. The van der Waals surface area contributed by atoms with Crippen molar-refractivity contribution < 1.29 is 0 Å². The molecule has 124 valence electrons. The van der Waals surface area contributed by atoms with Crippen LogP contribution in [0.5, 0.6) is 0 Å². The Kier molecular flexibility index (Phi) is 5.35. The zero-order valence-corrected chi connectivity index (χ0v) is 14.7. The van der Waals surface area contributed by atoms with Crippen LogP contribution in [-0.4, -0.2) is 44.5 Å². The SMILES string of the molecule is CCN1CCCC1CSc1nnc(CN)n1-c1ccccc1C. The van der Waals surface area contributed by atoms with E-state index in [1.54, 1.807) is 11.8 Å². The molecule has 0 radical (unpaired) electrons. The maximum Gasteiger partial charge on any atom is 0.195 e. The van der Waals surface area contributed by atoms with E-state index in [-0.39, 0.29) is 0 Å². The standard InChI is InChI=1S/C17H25N5S/c1-3-21-10-6-8-14(21)12-23-17-20-19-16(11-18)22(17)15-9-5-4-7-13(15)2/h4-5,7,9,14H,3,6,8,10-12,18H2,1-2H3. The quantitative estimate of drug-likeness (QED) is 0.825. The second-order valence-corrected chi connectivity index (χ2v) is 6.95. The molecule has 1 aliphatic heterocycles. The summed E-state index contributed by atoms with van der Waals surface area (Å²) in [4.78, 5) is 2.56. The summed E-state index contributed by atoms with van der Waals surface area (Å²) in [5.74, 6) is 1.88. The molecule has 1 aliphatic rings. The Balaban J connectivity index is 1.83. The molecule has 0 spiro atoms. The van der Waals surface area contributed by atoms with Gasteiger partial charge in [-0.25, -0.2) is 0 Å². The van der Waals surface area contributed by atoms with Gasteiger partial charge in [-0.05, 0) is 44.5 Å². The Labute approximate surface area is 142 Å². The van der Waals surface area contributed by atoms with E-state index in [0.717, 1.165) is 29.0 Å². The molecular formula is C17H25N5S. The number of benzene rings is 1. The van der Waals surface area contributed by atoms with Crippen LogP contribution < -0.4 is 5.73 Å². The van der Waals surface area contributed by atoms with E-state index in [1.165, 1.54) is 24.9 Å². The van der Waals surface area contributed by atoms with Crippen LogP contribution >= 0.6 is 11.8 Å². The largest absolute Gasteiger partial charge is 0.324 e. The number of nitrogens with zero attached hydrogens (tertiary/aromatic N) is 4. The number of para-hydroxylation sites is 1. The minimum absolute atomic E-state index is 0.395. The van der Waals surface area contributed by atoms with Crippen LogP contribution in [-0.2, 0) is 6.54 Å². The number of nitrogens with two attached hydrogens (primary N) is 1. The molecule has 0 saturated carbocycles. The molecule has 1 fully saturated rings. The van der Waals surface area contributed by atoms with Crippen LogP contribution in [0.2, 0.25) is 0 Å². The van der Waals surface area contributed by atoms with Crippen molar-refractivity contribution in [3.05, 3.63) is 35.7 Å². The fourth-order valence-corrected chi connectivity index (χ4v) is 4.40. The van der Waals surface area contributed by atoms with Gasteiger partial charge >= 0.3 is 0 Å². The highest BCUT2D eigenvalue weighted by molar-refractivity contribution is 7.99. The Morgan fingerprint density at radius 3 is 2.87 bits per heavy atom. The summed E-state index contributed by atoms with van der Waals surface area (Å²) in [6.07, 6.45) is 2.58. The van der Waals surface area contributed by atoms with Crippen molar-refractivity contribution in [2.75, 3.05) is 18.8 Å². The van der Waals surface area contributed by atoms with Crippen LogP contribution in [0.4, 0.5) is 0 Å². The predicted octanol–water partition coefficient (Wildman–Crippen LogP) is 2.61. The molecule has 23 heavy (non-hydrogen) atoms. The average Bonchev–Trinajstić information content (AvgIpc) is 3.19. The third kappa shape index (κ3) is 3.44. The van der Waals surface area contributed by atoms with Gasteiger partial charge in [-0.3, -0.25) is 9.47 Å². The van der Waals surface area contributed by atoms with Crippen molar-refractivity contribution in [3.8, 4) is 5.69 Å². The van der Waals surface area contributed by atoms with Crippen molar-refractivity contribution in [2.24, 2.45) is 5.73 Å². The van der Waals surface area contributed by atoms with Gasteiger partial charge in [0.05, 0.1) is 12.2 Å². The Hall–Kier alpha value is -1.37. The van der Waals surface area contributed by atoms with Crippen LogP contribution in [0.3, 0.4) is 0 Å². The smallest absolute Gasteiger partial charge is 0.195 e. The minimum atomic E-state index is 0.395. The summed E-state index contributed by atoms with van der Waals surface area (Å²) in [5.41, 5.74) is 8.20. The Morgan fingerprint density at radius 2 is 2.13 bits per heavy atom. The topological polar surface area (TPSA) is 60.0 Å². The lowest BCUT2D eigenvalue weighted by molar-refractivity contribution is 0.287. The first-order valence-corrected chi connectivity index (χ1v) is 9.30. The number of rotatable bonds is 6. The van der Waals surface area contributed by atoms with E-state index >= 15 is 0 Å². The van der Waals surface area contributed by atoms with Gasteiger partial charge in [0.15, 0.2) is 11.0 Å². The summed E-state index contributed by atoms with van der Waals surface area (Å²) < 4.78 is 2.12. The number of likely N-dealkylation sites (tertiary alicyclic amines) is 1. The van der Waals surface area contributed by atoms with E-state index in [9.17, 15) is 0 Å². The van der Waals surface area contributed by atoms with Gasteiger partial charge in [0.2, 0.25) is 0 Å².